The molecule has 0 bridgehead atoms. The summed E-state index contributed by atoms with van der Waals surface area (Å²) in [7, 11) is 0. The molecular formula is C30H55NO. The predicted octanol–water partition coefficient (Wildman–Crippen LogP) is 7.61. The Hall–Kier alpha value is -0.340. The first-order valence-electron chi connectivity index (χ1n) is 14.1. The summed E-state index contributed by atoms with van der Waals surface area (Å²) in [5, 5.41) is 14.2. The number of hydrogen-bond donors (Lipinski definition) is 2. The molecule has 0 aromatic rings. The van der Waals surface area contributed by atoms with Crippen LogP contribution in [-0.4, -0.2) is 23.8 Å². The normalized spacial score (nSPS) is 48.3. The molecular weight excluding hydrogens is 390 g/mol. The van der Waals surface area contributed by atoms with Gasteiger partial charge >= 0.3 is 0 Å². The molecule has 1 heterocycles. The maximum atomic E-state index is 10.3. The summed E-state index contributed by atoms with van der Waals surface area (Å²) in [5.41, 5.74) is 1.68. The number of aliphatic hydroxyl groups is 1. The fourth-order valence-corrected chi connectivity index (χ4v) is 10.1. The molecule has 0 radical (unpaired) electrons. The van der Waals surface area contributed by atoms with E-state index in [0.717, 1.165) is 29.6 Å². The van der Waals surface area contributed by atoms with E-state index in [9.17, 15) is 5.11 Å². The van der Waals surface area contributed by atoms with Crippen molar-refractivity contribution in [2.24, 2.45) is 45.8 Å². The zero-order chi connectivity index (χ0) is 23.8. The zero-order valence-corrected chi connectivity index (χ0v) is 22.6. The van der Waals surface area contributed by atoms with Gasteiger partial charge in [0.15, 0.2) is 0 Å². The van der Waals surface area contributed by atoms with Crippen LogP contribution in [0, 0.1) is 45.8 Å². The number of fused-ring (bicyclic) bond motifs is 7. The zero-order valence-electron chi connectivity index (χ0n) is 22.6. The van der Waals surface area contributed by atoms with E-state index in [1.54, 1.807) is 6.08 Å². The molecule has 2 heteroatoms. The van der Waals surface area contributed by atoms with Gasteiger partial charge in [-0.25, -0.2) is 0 Å². The summed E-state index contributed by atoms with van der Waals surface area (Å²) in [6.45, 7) is 21.2. The number of hydrogen-bond acceptors (Lipinski definition) is 2. The third-order valence-electron chi connectivity index (χ3n) is 11.4. The Morgan fingerprint density at radius 2 is 1.38 bits per heavy atom. The highest BCUT2D eigenvalue weighted by Gasteiger charge is 2.64. The van der Waals surface area contributed by atoms with Crippen molar-refractivity contribution < 1.29 is 5.11 Å². The first-order valence-corrected chi connectivity index (χ1v) is 14.1. The summed E-state index contributed by atoms with van der Waals surface area (Å²) in [6.07, 6.45) is 15.7. The summed E-state index contributed by atoms with van der Waals surface area (Å²) < 4.78 is 0. The molecule has 5 aliphatic rings. The molecule has 5 rings (SSSR count). The molecule has 0 aromatic heterocycles. The van der Waals surface area contributed by atoms with E-state index < -0.39 is 0 Å². The number of piperidine rings is 1. The van der Waals surface area contributed by atoms with Gasteiger partial charge < -0.3 is 10.4 Å². The molecule has 1 saturated heterocycles. The van der Waals surface area contributed by atoms with Crippen LogP contribution in [-0.2, 0) is 0 Å². The molecule has 0 spiro atoms. The van der Waals surface area contributed by atoms with Crippen molar-refractivity contribution in [3.8, 4) is 0 Å². The minimum absolute atomic E-state index is 0.300. The van der Waals surface area contributed by atoms with Crippen LogP contribution < -0.4 is 5.32 Å². The summed E-state index contributed by atoms with van der Waals surface area (Å²) in [6, 6.07) is 0. The molecule has 1 aliphatic heterocycles. The Labute approximate surface area is 200 Å². The summed E-state index contributed by atoms with van der Waals surface area (Å²) >= 11 is 0. The fourth-order valence-electron chi connectivity index (χ4n) is 10.1. The van der Waals surface area contributed by atoms with Crippen LogP contribution in [0.5, 0.6) is 0 Å². The number of rotatable bonds is 1. The molecule has 8 atom stereocenters. The lowest BCUT2D eigenvalue weighted by Crippen LogP contribution is -2.65. The lowest BCUT2D eigenvalue weighted by Gasteiger charge is -2.68. The van der Waals surface area contributed by atoms with Crippen molar-refractivity contribution in [1.82, 2.24) is 5.32 Å². The summed E-state index contributed by atoms with van der Waals surface area (Å²) in [5.74, 6) is 4.41. The van der Waals surface area contributed by atoms with E-state index in [0.29, 0.717) is 28.4 Å². The SMILES string of the molecule is C=CC.CC.CC1(C)NCCC2(C)C3CCC4C5CCCC5(CO)CC[C@@]4(C)C3CCC12. The first kappa shape index (κ1) is 26.3. The van der Waals surface area contributed by atoms with Crippen LogP contribution in [0.15, 0.2) is 12.7 Å². The van der Waals surface area contributed by atoms with Gasteiger partial charge in [0, 0.05) is 12.1 Å². The second-order valence-corrected chi connectivity index (χ2v) is 12.9. The second kappa shape index (κ2) is 9.73. The Balaban J connectivity index is 0.000000536. The standard InChI is InChI=1S/C25H43NO.C3H6.C2H6/c1-22(2)21-10-9-17-18(24(21,4)14-15-26-22)7-8-19-20-6-5-11-25(20,16-27)13-12-23(17,19)3;1-3-2;1-2/h17-21,26-27H,5-16H2,1-4H3;3H,1H2,2H3;1-2H3/t17?,18?,19?,20?,21?,23-,24?,25?;;/m0../s1. The van der Waals surface area contributed by atoms with Gasteiger partial charge in [-0.15, -0.1) is 6.58 Å². The molecule has 0 aromatic carbocycles. The minimum Gasteiger partial charge on any atom is -0.396 e. The lowest BCUT2D eigenvalue weighted by atomic mass is 9.38. The Bertz CT molecular complexity index is 643. The third-order valence-corrected chi connectivity index (χ3v) is 11.4. The Kier molecular flexibility index (Phi) is 7.98. The van der Waals surface area contributed by atoms with E-state index in [2.05, 4.69) is 39.6 Å². The van der Waals surface area contributed by atoms with Gasteiger partial charge in [-0.2, -0.15) is 0 Å². The fraction of sp³-hybridized carbons (Fsp3) is 0.933. The first-order chi connectivity index (χ1) is 15.2. The smallest absolute Gasteiger partial charge is 0.0490 e. The monoisotopic (exact) mass is 445 g/mol. The highest BCUT2D eigenvalue weighted by atomic mass is 16.3. The lowest BCUT2D eigenvalue weighted by molar-refractivity contribution is -0.183. The van der Waals surface area contributed by atoms with Gasteiger partial charge in [-0.1, -0.05) is 40.2 Å². The van der Waals surface area contributed by atoms with E-state index in [1.807, 2.05) is 20.8 Å². The average Bonchev–Trinajstić information content (AvgIpc) is 3.20. The number of aliphatic hydroxyl groups excluding tert-OH is 1. The van der Waals surface area contributed by atoms with Crippen LogP contribution in [0.1, 0.15) is 113 Å². The van der Waals surface area contributed by atoms with Crippen molar-refractivity contribution in [3.63, 3.8) is 0 Å². The van der Waals surface area contributed by atoms with Crippen LogP contribution >= 0.6 is 0 Å². The number of allylic oxidation sites excluding steroid dienone is 1. The number of nitrogens with one attached hydrogen (secondary N) is 1. The van der Waals surface area contributed by atoms with E-state index in [-0.39, 0.29) is 0 Å². The van der Waals surface area contributed by atoms with E-state index >= 15 is 0 Å². The maximum Gasteiger partial charge on any atom is 0.0490 e. The van der Waals surface area contributed by atoms with Crippen LogP contribution in [0.25, 0.3) is 0 Å². The van der Waals surface area contributed by atoms with Crippen LogP contribution in [0.2, 0.25) is 0 Å². The third kappa shape index (κ3) is 3.94. The van der Waals surface area contributed by atoms with Gasteiger partial charge in [0.2, 0.25) is 0 Å². The molecule has 32 heavy (non-hydrogen) atoms. The quantitative estimate of drug-likeness (QED) is 0.407. The molecule has 7 unspecified atom stereocenters. The van der Waals surface area contributed by atoms with Gasteiger partial charge in [-0.05, 0) is 131 Å². The van der Waals surface area contributed by atoms with Crippen molar-refractivity contribution in [3.05, 3.63) is 12.7 Å². The summed E-state index contributed by atoms with van der Waals surface area (Å²) in [4.78, 5) is 0. The van der Waals surface area contributed by atoms with Gasteiger partial charge in [0.05, 0.1) is 0 Å². The average molecular weight is 446 g/mol. The molecule has 2 N–H and O–H groups in total. The highest BCUT2D eigenvalue weighted by molar-refractivity contribution is 5.14. The van der Waals surface area contributed by atoms with Crippen molar-refractivity contribution in [2.45, 2.75) is 118 Å². The second-order valence-electron chi connectivity index (χ2n) is 12.9. The Morgan fingerprint density at radius 1 is 0.812 bits per heavy atom. The van der Waals surface area contributed by atoms with Crippen molar-refractivity contribution in [1.29, 1.82) is 0 Å². The van der Waals surface area contributed by atoms with Crippen molar-refractivity contribution >= 4 is 0 Å². The molecule has 5 fully saturated rings. The largest absolute Gasteiger partial charge is 0.396 e. The molecule has 2 nitrogen and oxygen atoms in total. The molecule has 4 saturated carbocycles. The Morgan fingerprint density at radius 3 is 2.00 bits per heavy atom. The van der Waals surface area contributed by atoms with E-state index in [1.165, 1.54) is 70.8 Å². The topological polar surface area (TPSA) is 32.3 Å². The van der Waals surface area contributed by atoms with Crippen LogP contribution in [0.3, 0.4) is 0 Å². The highest BCUT2D eigenvalue weighted by Crippen LogP contribution is 2.71. The van der Waals surface area contributed by atoms with E-state index in [4.69, 9.17) is 0 Å². The molecule has 4 aliphatic carbocycles. The molecule has 0 amide bonds. The van der Waals surface area contributed by atoms with Crippen LogP contribution in [0.4, 0.5) is 0 Å². The van der Waals surface area contributed by atoms with Gasteiger partial charge in [-0.3, -0.25) is 0 Å². The molecule has 186 valence electrons. The maximum absolute atomic E-state index is 10.3. The van der Waals surface area contributed by atoms with Gasteiger partial charge in [0.1, 0.15) is 0 Å². The van der Waals surface area contributed by atoms with Crippen molar-refractivity contribution in [2.75, 3.05) is 13.2 Å². The minimum atomic E-state index is 0.300. The predicted molar refractivity (Wildman–Crippen MR) is 139 cm³/mol. The van der Waals surface area contributed by atoms with Gasteiger partial charge in [0.25, 0.3) is 0 Å².